The standard InChI is InChI=1S/C14H10N2O7S/c17-8-2-1-7-3-9(24(21,22)23)5-12(10(7)4-8)16-13(18)6-11(15-16)14(19)20/h1-6,17-18H,(H,19,20)(H,21,22,23). The Morgan fingerprint density at radius 3 is 2.38 bits per heavy atom. The molecular weight excluding hydrogens is 340 g/mol. The number of hydrogen-bond donors (Lipinski definition) is 4. The summed E-state index contributed by atoms with van der Waals surface area (Å²) in [5.74, 6) is -2.07. The molecule has 4 N–H and O–H groups in total. The first-order chi connectivity index (χ1) is 11.2. The molecule has 10 heteroatoms. The molecule has 9 nitrogen and oxygen atoms in total. The van der Waals surface area contributed by atoms with E-state index in [2.05, 4.69) is 5.10 Å². The van der Waals surface area contributed by atoms with E-state index in [4.69, 9.17) is 5.11 Å². The molecule has 1 heterocycles. The number of carboxylic acid groups (broad SMARTS) is 1. The van der Waals surface area contributed by atoms with Crippen LogP contribution in [0.15, 0.2) is 41.3 Å². The lowest BCUT2D eigenvalue weighted by Gasteiger charge is -2.10. The van der Waals surface area contributed by atoms with Gasteiger partial charge < -0.3 is 15.3 Å². The Labute approximate surface area is 134 Å². The van der Waals surface area contributed by atoms with Crippen LogP contribution in [0.3, 0.4) is 0 Å². The summed E-state index contributed by atoms with van der Waals surface area (Å²) in [6.45, 7) is 0. The Morgan fingerprint density at radius 1 is 1.08 bits per heavy atom. The molecule has 0 fully saturated rings. The molecule has 0 bridgehead atoms. The molecule has 124 valence electrons. The van der Waals surface area contributed by atoms with Crippen molar-refractivity contribution in [2.24, 2.45) is 0 Å². The molecule has 3 rings (SSSR count). The minimum Gasteiger partial charge on any atom is -0.508 e. The number of fused-ring (bicyclic) bond motifs is 1. The summed E-state index contributed by atoms with van der Waals surface area (Å²) in [6.07, 6.45) is 0. The fraction of sp³-hybridized carbons (Fsp3) is 0. The zero-order valence-electron chi connectivity index (χ0n) is 11.8. The number of benzene rings is 2. The van der Waals surface area contributed by atoms with Gasteiger partial charge in [-0.15, -0.1) is 0 Å². The fourth-order valence-corrected chi connectivity index (χ4v) is 2.81. The predicted octanol–water partition coefficient (Wildman–Crippen LogP) is 1.38. The first-order valence-corrected chi connectivity index (χ1v) is 7.88. The van der Waals surface area contributed by atoms with E-state index in [1.54, 1.807) is 0 Å². The van der Waals surface area contributed by atoms with Gasteiger partial charge in [0.25, 0.3) is 10.1 Å². The summed E-state index contributed by atoms with van der Waals surface area (Å²) < 4.78 is 33.0. The highest BCUT2D eigenvalue weighted by Crippen LogP contribution is 2.31. The highest BCUT2D eigenvalue weighted by atomic mass is 32.2. The third-order valence-electron chi connectivity index (χ3n) is 3.33. The fourth-order valence-electron chi connectivity index (χ4n) is 2.28. The number of hydrogen-bond acceptors (Lipinski definition) is 6. The number of phenols is 1. The highest BCUT2D eigenvalue weighted by Gasteiger charge is 2.19. The minimum absolute atomic E-state index is 0.0268. The predicted molar refractivity (Wildman–Crippen MR) is 81.2 cm³/mol. The SMILES string of the molecule is O=C(O)c1cc(O)n(-c2cc(S(=O)(=O)O)cc3ccc(O)cc23)n1. The van der Waals surface area contributed by atoms with E-state index in [1.807, 2.05) is 0 Å². The molecule has 0 aliphatic carbocycles. The molecule has 0 aliphatic rings. The Hall–Kier alpha value is -3.11. The van der Waals surface area contributed by atoms with Gasteiger partial charge in [0.15, 0.2) is 5.69 Å². The number of phenolic OH excluding ortho intramolecular Hbond substituents is 1. The van der Waals surface area contributed by atoms with Crippen molar-refractivity contribution in [2.75, 3.05) is 0 Å². The number of aromatic nitrogens is 2. The molecule has 0 atom stereocenters. The van der Waals surface area contributed by atoms with Gasteiger partial charge in [-0.3, -0.25) is 4.55 Å². The second kappa shape index (κ2) is 5.22. The number of carbonyl (C=O) groups is 1. The van der Waals surface area contributed by atoms with Gasteiger partial charge >= 0.3 is 5.97 Å². The van der Waals surface area contributed by atoms with Crippen LogP contribution in [0.25, 0.3) is 16.5 Å². The van der Waals surface area contributed by atoms with E-state index >= 15 is 0 Å². The number of aromatic carboxylic acids is 1. The lowest BCUT2D eigenvalue weighted by Crippen LogP contribution is -2.04. The molecule has 0 radical (unpaired) electrons. The lowest BCUT2D eigenvalue weighted by molar-refractivity contribution is 0.0690. The van der Waals surface area contributed by atoms with Gasteiger partial charge in [0.1, 0.15) is 5.75 Å². The minimum atomic E-state index is -4.56. The van der Waals surface area contributed by atoms with Crippen LogP contribution in [0.1, 0.15) is 10.5 Å². The van der Waals surface area contributed by atoms with Gasteiger partial charge in [-0.05, 0) is 29.7 Å². The number of aromatic hydroxyl groups is 2. The van der Waals surface area contributed by atoms with Gasteiger partial charge in [-0.25, -0.2) is 4.79 Å². The van der Waals surface area contributed by atoms with Crippen molar-refractivity contribution < 1.29 is 33.1 Å². The van der Waals surface area contributed by atoms with Crippen molar-refractivity contribution >= 4 is 26.9 Å². The van der Waals surface area contributed by atoms with Crippen LogP contribution in [-0.4, -0.2) is 44.0 Å². The van der Waals surface area contributed by atoms with Crippen molar-refractivity contribution in [1.82, 2.24) is 9.78 Å². The van der Waals surface area contributed by atoms with E-state index in [0.29, 0.717) is 5.39 Å². The Morgan fingerprint density at radius 2 is 1.79 bits per heavy atom. The molecule has 0 saturated heterocycles. The van der Waals surface area contributed by atoms with E-state index in [9.17, 15) is 28.0 Å². The normalized spacial score (nSPS) is 11.7. The Bertz CT molecular complexity index is 1090. The smallest absolute Gasteiger partial charge is 0.356 e. The number of rotatable bonds is 3. The van der Waals surface area contributed by atoms with Crippen molar-refractivity contribution in [3.05, 3.63) is 42.1 Å². The van der Waals surface area contributed by atoms with Crippen molar-refractivity contribution in [2.45, 2.75) is 4.90 Å². The summed E-state index contributed by atoms with van der Waals surface area (Å²) >= 11 is 0. The summed E-state index contributed by atoms with van der Waals surface area (Å²) in [6, 6.07) is 7.08. The third kappa shape index (κ3) is 2.64. The van der Waals surface area contributed by atoms with Crippen molar-refractivity contribution in [3.63, 3.8) is 0 Å². The van der Waals surface area contributed by atoms with Crippen LogP contribution in [0.2, 0.25) is 0 Å². The number of carboxylic acids is 1. The molecule has 0 aliphatic heterocycles. The first kappa shape index (κ1) is 15.8. The van der Waals surface area contributed by atoms with Crippen LogP contribution in [0.5, 0.6) is 11.6 Å². The van der Waals surface area contributed by atoms with Crippen LogP contribution in [0.4, 0.5) is 0 Å². The molecule has 0 unspecified atom stereocenters. The quantitative estimate of drug-likeness (QED) is 0.517. The maximum absolute atomic E-state index is 11.4. The summed E-state index contributed by atoms with van der Waals surface area (Å²) in [5, 5.41) is 32.8. The average molecular weight is 350 g/mol. The molecule has 0 amide bonds. The second-order valence-corrected chi connectivity index (χ2v) is 6.35. The first-order valence-electron chi connectivity index (χ1n) is 6.44. The van der Waals surface area contributed by atoms with E-state index < -0.39 is 32.6 Å². The zero-order chi connectivity index (χ0) is 17.6. The molecular formula is C14H10N2O7S. The summed E-state index contributed by atoms with van der Waals surface area (Å²) in [7, 11) is -4.56. The molecule has 0 spiro atoms. The second-order valence-electron chi connectivity index (χ2n) is 4.93. The summed E-state index contributed by atoms with van der Waals surface area (Å²) in [4.78, 5) is 10.5. The van der Waals surface area contributed by atoms with E-state index in [0.717, 1.165) is 16.8 Å². The number of nitrogens with zero attached hydrogens (tertiary/aromatic N) is 2. The van der Waals surface area contributed by atoms with E-state index in [1.165, 1.54) is 24.3 Å². The van der Waals surface area contributed by atoms with Crippen molar-refractivity contribution in [1.29, 1.82) is 0 Å². The van der Waals surface area contributed by atoms with Gasteiger partial charge in [0, 0.05) is 11.5 Å². The van der Waals surface area contributed by atoms with Crippen LogP contribution in [0, 0.1) is 0 Å². The molecule has 24 heavy (non-hydrogen) atoms. The largest absolute Gasteiger partial charge is 0.508 e. The summed E-state index contributed by atoms with van der Waals surface area (Å²) in [5.41, 5.74) is -0.487. The van der Waals surface area contributed by atoms with Gasteiger partial charge in [-0.1, -0.05) is 6.07 Å². The molecule has 0 saturated carbocycles. The molecule has 3 aromatic rings. The lowest BCUT2D eigenvalue weighted by atomic mass is 10.1. The van der Waals surface area contributed by atoms with E-state index in [-0.39, 0.29) is 16.8 Å². The topological polar surface area (TPSA) is 150 Å². The van der Waals surface area contributed by atoms with Crippen LogP contribution >= 0.6 is 0 Å². The maximum atomic E-state index is 11.4. The Balaban J connectivity index is 2.41. The monoisotopic (exact) mass is 350 g/mol. The van der Waals surface area contributed by atoms with Crippen LogP contribution in [-0.2, 0) is 10.1 Å². The Kier molecular flexibility index (Phi) is 3.43. The molecule has 2 aromatic carbocycles. The maximum Gasteiger partial charge on any atom is 0.356 e. The van der Waals surface area contributed by atoms with Gasteiger partial charge in [0.05, 0.1) is 10.6 Å². The molecule has 1 aromatic heterocycles. The van der Waals surface area contributed by atoms with Crippen molar-refractivity contribution in [3.8, 4) is 17.3 Å². The van der Waals surface area contributed by atoms with Gasteiger partial charge in [-0.2, -0.15) is 18.2 Å². The highest BCUT2D eigenvalue weighted by molar-refractivity contribution is 7.85. The third-order valence-corrected chi connectivity index (χ3v) is 4.16. The van der Waals surface area contributed by atoms with Crippen LogP contribution < -0.4 is 0 Å². The zero-order valence-corrected chi connectivity index (χ0v) is 12.6. The van der Waals surface area contributed by atoms with Gasteiger partial charge in [0.2, 0.25) is 5.88 Å². The average Bonchev–Trinajstić information content (AvgIpc) is 2.87.